The van der Waals surface area contributed by atoms with E-state index in [0.29, 0.717) is 11.3 Å². The predicted octanol–water partition coefficient (Wildman–Crippen LogP) is 7.11. The number of hydrogen-bond acceptors (Lipinski definition) is 4. The molecule has 0 radical (unpaired) electrons. The summed E-state index contributed by atoms with van der Waals surface area (Å²) in [6, 6.07) is 10.8. The smallest absolute Gasteiger partial charge is 0.169 e. The molecule has 0 N–H and O–H groups in total. The fraction of sp³-hybridized carbons (Fsp3) is 0.455. The number of benzene rings is 2. The molecule has 0 spiro atoms. The molecule has 3 rings (SSSR count). The van der Waals surface area contributed by atoms with Crippen molar-refractivity contribution in [3.63, 3.8) is 0 Å². The molecule has 1 saturated heterocycles. The van der Waals surface area contributed by atoms with Crippen molar-refractivity contribution in [1.82, 2.24) is 4.90 Å². The van der Waals surface area contributed by atoms with Gasteiger partial charge in [0.15, 0.2) is 5.17 Å². The predicted molar refractivity (Wildman–Crippen MR) is 128 cm³/mol. The van der Waals surface area contributed by atoms with Crippen LogP contribution in [0, 0.1) is 17.2 Å². The highest BCUT2D eigenvalue weighted by atomic mass is 32.2. The second kappa shape index (κ2) is 9.14. The van der Waals surface area contributed by atoms with E-state index in [-0.39, 0.29) is 11.2 Å². The number of halogens is 1. The van der Waals surface area contributed by atoms with E-state index in [1.807, 2.05) is 24.5 Å². The van der Waals surface area contributed by atoms with Gasteiger partial charge in [-0.05, 0) is 42.6 Å². The van der Waals surface area contributed by atoms with E-state index >= 15 is 0 Å². The van der Waals surface area contributed by atoms with Gasteiger partial charge in [0.1, 0.15) is 10.1 Å². The number of thioether (sulfide) groups is 2. The molecule has 1 fully saturated rings. The normalized spacial score (nSPS) is 21.6. The first-order valence-electron chi connectivity index (χ1n) is 9.63. The van der Waals surface area contributed by atoms with E-state index < -0.39 is 0 Å². The van der Waals surface area contributed by atoms with Crippen molar-refractivity contribution in [3.05, 3.63) is 42.2 Å². The van der Waals surface area contributed by atoms with Gasteiger partial charge in [0.2, 0.25) is 0 Å². The molecule has 0 aromatic heterocycles. The zero-order chi connectivity index (χ0) is 20.3. The molecule has 0 bridgehead atoms. The molecule has 0 amide bonds. The first-order valence-corrected chi connectivity index (χ1v) is 12.2. The Morgan fingerprint density at radius 2 is 2.00 bits per heavy atom. The summed E-state index contributed by atoms with van der Waals surface area (Å²) >= 11 is 9.05. The van der Waals surface area contributed by atoms with Gasteiger partial charge in [-0.25, -0.2) is 9.38 Å². The lowest BCUT2D eigenvalue weighted by Gasteiger charge is -2.44. The van der Waals surface area contributed by atoms with Crippen LogP contribution in [0.1, 0.15) is 33.6 Å². The highest BCUT2D eigenvalue weighted by molar-refractivity contribution is 8.23. The number of fused-ring (bicyclic) bond motifs is 1. The summed E-state index contributed by atoms with van der Waals surface area (Å²) in [4.78, 5) is 7.15. The average molecular weight is 435 g/mol. The fourth-order valence-corrected chi connectivity index (χ4v) is 5.85. The molecule has 1 unspecified atom stereocenters. The van der Waals surface area contributed by atoms with Gasteiger partial charge in [-0.2, -0.15) is 0 Å². The second-order valence-corrected chi connectivity index (χ2v) is 10.2. The zero-order valence-electron chi connectivity index (χ0n) is 16.9. The minimum absolute atomic E-state index is 0.214. The SMILES string of the molecule is CCC1(CC(C)C)CSC(=Nc2ccc(F)c3ccccc23)N(C(=S)SC)C1. The van der Waals surface area contributed by atoms with Gasteiger partial charge >= 0.3 is 0 Å². The van der Waals surface area contributed by atoms with Crippen molar-refractivity contribution in [2.24, 2.45) is 16.3 Å². The van der Waals surface area contributed by atoms with Crippen molar-refractivity contribution in [1.29, 1.82) is 0 Å². The van der Waals surface area contributed by atoms with Crippen LogP contribution < -0.4 is 0 Å². The minimum atomic E-state index is -0.214. The summed E-state index contributed by atoms with van der Waals surface area (Å²) in [7, 11) is 0. The van der Waals surface area contributed by atoms with Gasteiger partial charge in [0.25, 0.3) is 0 Å². The molecule has 2 aromatic carbocycles. The third-order valence-electron chi connectivity index (χ3n) is 5.28. The highest BCUT2D eigenvalue weighted by Crippen LogP contribution is 2.42. The molecular weight excluding hydrogens is 407 g/mol. The molecule has 2 aromatic rings. The summed E-state index contributed by atoms with van der Waals surface area (Å²) in [6.07, 6.45) is 4.32. The van der Waals surface area contributed by atoms with Crippen molar-refractivity contribution in [3.8, 4) is 0 Å². The third-order valence-corrected chi connectivity index (χ3v) is 7.90. The van der Waals surface area contributed by atoms with Gasteiger partial charge in [-0.15, -0.1) is 0 Å². The van der Waals surface area contributed by atoms with Gasteiger partial charge in [-0.3, -0.25) is 0 Å². The zero-order valence-corrected chi connectivity index (χ0v) is 19.3. The maximum Gasteiger partial charge on any atom is 0.169 e. The number of aliphatic imine (C=N–C) groups is 1. The fourth-order valence-electron chi connectivity index (χ4n) is 3.88. The molecule has 0 saturated carbocycles. The van der Waals surface area contributed by atoms with Crippen LogP contribution in [0.5, 0.6) is 0 Å². The Bertz CT molecular complexity index is 896. The van der Waals surface area contributed by atoms with Crippen molar-refractivity contribution >= 4 is 61.7 Å². The summed E-state index contributed by atoms with van der Waals surface area (Å²) in [6.45, 7) is 7.74. The lowest BCUT2D eigenvalue weighted by atomic mass is 9.79. The van der Waals surface area contributed by atoms with E-state index in [1.54, 1.807) is 35.7 Å². The monoisotopic (exact) mass is 434 g/mol. The van der Waals surface area contributed by atoms with Crippen LogP contribution in [-0.4, -0.2) is 32.9 Å². The van der Waals surface area contributed by atoms with Gasteiger partial charge in [0, 0.05) is 23.1 Å². The number of thiocarbonyl (C=S) groups is 1. The lowest BCUT2D eigenvalue weighted by molar-refractivity contribution is 0.219. The van der Waals surface area contributed by atoms with E-state index in [4.69, 9.17) is 17.2 Å². The van der Waals surface area contributed by atoms with Crippen LogP contribution in [0.25, 0.3) is 10.8 Å². The molecule has 6 heteroatoms. The Morgan fingerprint density at radius 1 is 1.29 bits per heavy atom. The number of amidine groups is 1. The largest absolute Gasteiger partial charge is 0.306 e. The van der Waals surface area contributed by atoms with Crippen LogP contribution in [0.3, 0.4) is 0 Å². The Hall–Kier alpha value is -1.11. The van der Waals surface area contributed by atoms with Crippen molar-refractivity contribution in [2.45, 2.75) is 33.6 Å². The van der Waals surface area contributed by atoms with E-state index in [2.05, 4.69) is 25.7 Å². The number of nitrogens with zero attached hydrogens (tertiary/aromatic N) is 2. The van der Waals surface area contributed by atoms with Crippen LogP contribution in [-0.2, 0) is 0 Å². The standard InChI is InChI=1S/C22H27FN2S3/c1-5-22(12-15(2)3)13-25(21(26)27-4)20(28-14-22)24-19-11-10-18(23)16-8-6-7-9-17(16)19/h6-11,15H,5,12-14H2,1-4H3. The third kappa shape index (κ3) is 4.55. The highest BCUT2D eigenvalue weighted by Gasteiger charge is 2.38. The summed E-state index contributed by atoms with van der Waals surface area (Å²) in [5.74, 6) is 1.46. The Balaban J connectivity index is 2.01. The molecule has 0 aliphatic carbocycles. The first kappa shape index (κ1) is 21.6. The van der Waals surface area contributed by atoms with Gasteiger partial charge in [0.05, 0.1) is 5.69 Å². The van der Waals surface area contributed by atoms with Gasteiger partial charge in [-0.1, -0.05) is 80.8 Å². The molecule has 1 aliphatic rings. The molecule has 1 heterocycles. The van der Waals surface area contributed by atoms with E-state index in [9.17, 15) is 4.39 Å². The maximum atomic E-state index is 14.2. The lowest BCUT2D eigenvalue weighted by Crippen LogP contribution is -2.48. The average Bonchev–Trinajstić information content (AvgIpc) is 2.70. The molecule has 150 valence electrons. The topological polar surface area (TPSA) is 15.6 Å². The maximum absolute atomic E-state index is 14.2. The van der Waals surface area contributed by atoms with Crippen LogP contribution in [0.15, 0.2) is 41.4 Å². The Kier molecular flexibility index (Phi) is 7.05. The molecular formula is C22H27FN2S3. The Morgan fingerprint density at radius 3 is 2.64 bits per heavy atom. The summed E-state index contributed by atoms with van der Waals surface area (Å²) in [5, 5.41) is 2.36. The van der Waals surface area contributed by atoms with Crippen LogP contribution in [0.2, 0.25) is 0 Å². The summed E-state index contributed by atoms with van der Waals surface area (Å²) < 4.78 is 15.0. The molecule has 2 nitrogen and oxygen atoms in total. The van der Waals surface area contributed by atoms with Crippen LogP contribution >= 0.6 is 35.7 Å². The minimum Gasteiger partial charge on any atom is -0.306 e. The molecule has 1 aliphatic heterocycles. The Labute approximate surface area is 181 Å². The van der Waals surface area contributed by atoms with Gasteiger partial charge < -0.3 is 4.90 Å². The summed E-state index contributed by atoms with van der Waals surface area (Å²) in [5.41, 5.74) is 1.03. The van der Waals surface area contributed by atoms with Crippen molar-refractivity contribution < 1.29 is 4.39 Å². The first-order chi connectivity index (χ1) is 13.4. The quantitative estimate of drug-likeness (QED) is 0.476. The van der Waals surface area contributed by atoms with Crippen LogP contribution in [0.4, 0.5) is 10.1 Å². The number of rotatable bonds is 4. The van der Waals surface area contributed by atoms with E-state index in [0.717, 1.165) is 39.3 Å². The van der Waals surface area contributed by atoms with E-state index in [1.165, 1.54) is 12.5 Å². The second-order valence-electron chi connectivity index (χ2n) is 7.80. The molecule has 28 heavy (non-hydrogen) atoms. The number of hydrogen-bond donors (Lipinski definition) is 0. The molecule has 1 atom stereocenters. The van der Waals surface area contributed by atoms with Crippen molar-refractivity contribution in [2.75, 3.05) is 18.6 Å².